The van der Waals surface area contributed by atoms with E-state index in [1.807, 2.05) is 48.5 Å². The SMILES string of the molecule is O=C(CCC(=O)N1CCSc2ccccc21)NCc1ccccc1Cn1cncn1. The highest BCUT2D eigenvalue weighted by Gasteiger charge is 2.22. The van der Waals surface area contributed by atoms with Crippen LogP contribution < -0.4 is 10.2 Å². The Morgan fingerprint density at radius 1 is 1.03 bits per heavy atom. The Balaban J connectivity index is 1.30. The minimum absolute atomic E-state index is 0.00974. The summed E-state index contributed by atoms with van der Waals surface area (Å²) in [5, 5.41) is 7.07. The van der Waals surface area contributed by atoms with Crippen LogP contribution in [0.25, 0.3) is 0 Å². The molecule has 2 amide bonds. The topological polar surface area (TPSA) is 80.1 Å². The molecule has 1 N–H and O–H groups in total. The van der Waals surface area contributed by atoms with E-state index in [9.17, 15) is 9.59 Å². The van der Waals surface area contributed by atoms with Crippen LogP contribution in [0.5, 0.6) is 0 Å². The molecule has 154 valence electrons. The molecule has 0 aliphatic carbocycles. The number of hydrogen-bond donors (Lipinski definition) is 1. The largest absolute Gasteiger partial charge is 0.352 e. The molecule has 0 saturated carbocycles. The third kappa shape index (κ3) is 4.88. The molecule has 8 heteroatoms. The number of benzene rings is 2. The first-order valence-corrected chi connectivity index (χ1v) is 10.9. The summed E-state index contributed by atoms with van der Waals surface area (Å²) < 4.78 is 1.74. The van der Waals surface area contributed by atoms with E-state index in [1.165, 1.54) is 6.33 Å². The number of fused-ring (bicyclic) bond motifs is 1. The monoisotopic (exact) mass is 421 g/mol. The summed E-state index contributed by atoms with van der Waals surface area (Å²) in [6.07, 6.45) is 3.54. The van der Waals surface area contributed by atoms with Gasteiger partial charge in [-0.2, -0.15) is 5.10 Å². The van der Waals surface area contributed by atoms with Gasteiger partial charge in [0.1, 0.15) is 12.7 Å². The van der Waals surface area contributed by atoms with E-state index in [-0.39, 0.29) is 24.7 Å². The van der Waals surface area contributed by atoms with Gasteiger partial charge < -0.3 is 10.2 Å². The highest BCUT2D eigenvalue weighted by molar-refractivity contribution is 7.99. The van der Waals surface area contributed by atoms with Crippen LogP contribution in [0.2, 0.25) is 0 Å². The summed E-state index contributed by atoms with van der Waals surface area (Å²) >= 11 is 1.76. The average molecular weight is 422 g/mol. The zero-order valence-electron chi connectivity index (χ0n) is 16.5. The number of hydrogen-bond acceptors (Lipinski definition) is 5. The van der Waals surface area contributed by atoms with E-state index < -0.39 is 0 Å². The second-order valence-electron chi connectivity index (χ2n) is 7.00. The number of anilines is 1. The fraction of sp³-hybridized carbons (Fsp3) is 0.273. The van der Waals surface area contributed by atoms with Gasteiger partial charge in [0, 0.05) is 36.6 Å². The highest BCUT2D eigenvalue weighted by Crippen LogP contribution is 2.34. The molecule has 0 radical (unpaired) electrons. The van der Waals surface area contributed by atoms with Gasteiger partial charge in [-0.15, -0.1) is 11.8 Å². The first kappa shape index (κ1) is 20.2. The molecule has 2 heterocycles. The van der Waals surface area contributed by atoms with Crippen LogP contribution in [0.4, 0.5) is 5.69 Å². The molecule has 0 spiro atoms. The lowest BCUT2D eigenvalue weighted by molar-refractivity contribution is -0.125. The number of thioether (sulfide) groups is 1. The number of nitrogens with one attached hydrogen (secondary N) is 1. The molecule has 0 saturated heterocycles. The van der Waals surface area contributed by atoms with Crippen molar-refractivity contribution in [3.63, 3.8) is 0 Å². The lowest BCUT2D eigenvalue weighted by atomic mass is 10.1. The second kappa shape index (κ2) is 9.58. The molecule has 7 nitrogen and oxygen atoms in total. The average Bonchev–Trinajstić information content (AvgIpc) is 3.29. The third-order valence-corrected chi connectivity index (χ3v) is 6.03. The first-order valence-electron chi connectivity index (χ1n) is 9.89. The molecule has 1 aromatic heterocycles. The van der Waals surface area contributed by atoms with E-state index in [2.05, 4.69) is 15.4 Å². The molecule has 0 fully saturated rings. The molecule has 0 bridgehead atoms. The zero-order valence-corrected chi connectivity index (χ0v) is 17.3. The molecule has 4 rings (SSSR count). The smallest absolute Gasteiger partial charge is 0.227 e. The van der Waals surface area contributed by atoms with Gasteiger partial charge in [0.15, 0.2) is 0 Å². The highest BCUT2D eigenvalue weighted by atomic mass is 32.2. The molecule has 3 aromatic rings. The van der Waals surface area contributed by atoms with Gasteiger partial charge in [-0.25, -0.2) is 9.67 Å². The second-order valence-corrected chi connectivity index (χ2v) is 8.14. The lowest BCUT2D eigenvalue weighted by Gasteiger charge is -2.29. The van der Waals surface area contributed by atoms with Gasteiger partial charge in [-0.3, -0.25) is 9.59 Å². The first-order chi connectivity index (χ1) is 14.7. The van der Waals surface area contributed by atoms with Gasteiger partial charge >= 0.3 is 0 Å². The maximum atomic E-state index is 12.7. The van der Waals surface area contributed by atoms with E-state index in [4.69, 9.17) is 0 Å². The van der Waals surface area contributed by atoms with Crippen LogP contribution in [0.15, 0.2) is 66.1 Å². The Morgan fingerprint density at radius 2 is 1.83 bits per heavy atom. The van der Waals surface area contributed by atoms with Crippen molar-refractivity contribution in [3.05, 3.63) is 72.3 Å². The quantitative estimate of drug-likeness (QED) is 0.635. The maximum Gasteiger partial charge on any atom is 0.227 e. The van der Waals surface area contributed by atoms with Crippen molar-refractivity contribution >= 4 is 29.3 Å². The summed E-state index contributed by atoms with van der Waals surface area (Å²) in [5.74, 6) is 0.736. The van der Waals surface area contributed by atoms with Gasteiger partial charge in [0.2, 0.25) is 11.8 Å². The fourth-order valence-electron chi connectivity index (χ4n) is 3.44. The zero-order chi connectivity index (χ0) is 20.8. The number of nitrogens with zero attached hydrogens (tertiary/aromatic N) is 4. The summed E-state index contributed by atoms with van der Waals surface area (Å²) in [7, 11) is 0. The van der Waals surface area contributed by atoms with Crippen molar-refractivity contribution in [3.8, 4) is 0 Å². The standard InChI is InChI=1S/C22H23N5O2S/c28-21(9-10-22(29)27-11-12-30-20-8-4-3-7-19(20)27)24-13-17-5-1-2-6-18(17)14-26-16-23-15-25-26/h1-8,15-16H,9-14H2,(H,24,28). The lowest BCUT2D eigenvalue weighted by Crippen LogP contribution is -2.36. The number of aromatic nitrogens is 3. The predicted octanol–water partition coefficient (Wildman–Crippen LogP) is 2.86. The summed E-state index contributed by atoms with van der Waals surface area (Å²) in [5.41, 5.74) is 3.04. The van der Waals surface area contributed by atoms with Crippen LogP contribution in [0.1, 0.15) is 24.0 Å². The fourth-order valence-corrected chi connectivity index (χ4v) is 4.43. The Morgan fingerprint density at radius 3 is 2.67 bits per heavy atom. The Kier molecular flexibility index (Phi) is 6.44. The number of para-hydroxylation sites is 1. The molecule has 1 aliphatic rings. The van der Waals surface area contributed by atoms with Gasteiger partial charge in [-0.1, -0.05) is 36.4 Å². The van der Waals surface area contributed by atoms with Crippen LogP contribution in [0.3, 0.4) is 0 Å². The van der Waals surface area contributed by atoms with Crippen molar-refractivity contribution in [2.24, 2.45) is 0 Å². The maximum absolute atomic E-state index is 12.7. The Bertz CT molecular complexity index is 1020. The van der Waals surface area contributed by atoms with Crippen LogP contribution >= 0.6 is 11.8 Å². The van der Waals surface area contributed by atoms with Gasteiger partial charge in [0.05, 0.1) is 12.2 Å². The van der Waals surface area contributed by atoms with Crippen LogP contribution in [0, 0.1) is 0 Å². The number of carbonyl (C=O) groups excluding carboxylic acids is 2. The number of rotatable bonds is 7. The molecule has 30 heavy (non-hydrogen) atoms. The third-order valence-electron chi connectivity index (χ3n) is 4.99. The van der Waals surface area contributed by atoms with E-state index in [0.29, 0.717) is 19.6 Å². The minimum atomic E-state index is -0.126. The molecular weight excluding hydrogens is 398 g/mol. The Labute approximate surface area is 179 Å². The Hall–Kier alpha value is -3.13. The normalized spacial score (nSPS) is 13.0. The van der Waals surface area contributed by atoms with Crippen LogP contribution in [-0.2, 0) is 22.7 Å². The molecule has 0 unspecified atom stereocenters. The predicted molar refractivity (Wildman–Crippen MR) is 116 cm³/mol. The van der Waals surface area contributed by atoms with Gasteiger partial charge in [0.25, 0.3) is 0 Å². The molecular formula is C22H23N5O2S. The van der Waals surface area contributed by atoms with Crippen molar-refractivity contribution < 1.29 is 9.59 Å². The molecule has 0 atom stereocenters. The number of amides is 2. The summed E-state index contributed by atoms with van der Waals surface area (Å²) in [6.45, 7) is 1.69. The summed E-state index contributed by atoms with van der Waals surface area (Å²) in [4.78, 5) is 31.9. The molecule has 1 aliphatic heterocycles. The van der Waals surface area contributed by atoms with Crippen molar-refractivity contribution in [2.45, 2.75) is 30.8 Å². The van der Waals surface area contributed by atoms with Gasteiger partial charge in [-0.05, 0) is 23.3 Å². The van der Waals surface area contributed by atoms with E-state index in [0.717, 1.165) is 27.5 Å². The van der Waals surface area contributed by atoms with E-state index >= 15 is 0 Å². The number of carbonyl (C=O) groups is 2. The van der Waals surface area contributed by atoms with Crippen molar-refractivity contribution in [1.29, 1.82) is 0 Å². The minimum Gasteiger partial charge on any atom is -0.352 e. The van der Waals surface area contributed by atoms with E-state index in [1.54, 1.807) is 27.7 Å². The van der Waals surface area contributed by atoms with Crippen LogP contribution in [-0.4, -0.2) is 38.9 Å². The van der Waals surface area contributed by atoms with Crippen molar-refractivity contribution in [1.82, 2.24) is 20.1 Å². The molecule has 2 aromatic carbocycles. The van der Waals surface area contributed by atoms with Crippen molar-refractivity contribution in [2.75, 3.05) is 17.2 Å². The summed E-state index contributed by atoms with van der Waals surface area (Å²) in [6, 6.07) is 15.8.